The number of fused-ring (bicyclic) bond motifs is 1. The molecule has 2 rings (SSSR count). The zero-order valence-corrected chi connectivity index (χ0v) is 11.2. The van der Waals surface area contributed by atoms with Crippen molar-refractivity contribution in [2.75, 3.05) is 6.54 Å². The standard InChI is InChI=1S/C15H22FNO/c1-3-5-6-12-10-14(17-4-2)13-8-7-11(16)9-15(13)18-12/h7-9,12,14,17H,3-6,10H2,1-2H3. The lowest BCUT2D eigenvalue weighted by Crippen LogP contribution is -2.33. The van der Waals surface area contributed by atoms with Gasteiger partial charge >= 0.3 is 0 Å². The summed E-state index contributed by atoms with van der Waals surface area (Å²) < 4.78 is 19.2. The molecule has 100 valence electrons. The molecule has 1 aliphatic heterocycles. The van der Waals surface area contributed by atoms with Gasteiger partial charge in [-0.15, -0.1) is 0 Å². The summed E-state index contributed by atoms with van der Waals surface area (Å²) in [5.41, 5.74) is 1.09. The van der Waals surface area contributed by atoms with Crippen molar-refractivity contribution in [1.29, 1.82) is 0 Å². The van der Waals surface area contributed by atoms with Crippen molar-refractivity contribution >= 4 is 0 Å². The van der Waals surface area contributed by atoms with E-state index in [1.807, 2.05) is 6.07 Å². The Balaban J connectivity index is 2.17. The second kappa shape index (κ2) is 6.19. The molecule has 2 unspecified atom stereocenters. The highest BCUT2D eigenvalue weighted by molar-refractivity contribution is 5.38. The highest BCUT2D eigenvalue weighted by Crippen LogP contribution is 2.36. The normalized spacial score (nSPS) is 22.4. The van der Waals surface area contributed by atoms with Crippen LogP contribution in [0.1, 0.15) is 51.1 Å². The number of hydrogen-bond donors (Lipinski definition) is 1. The number of unbranched alkanes of at least 4 members (excludes halogenated alkanes) is 1. The van der Waals surface area contributed by atoms with E-state index < -0.39 is 0 Å². The maximum atomic E-state index is 13.3. The molecule has 2 atom stereocenters. The number of ether oxygens (including phenoxy) is 1. The van der Waals surface area contributed by atoms with Gasteiger partial charge in [0.2, 0.25) is 0 Å². The highest BCUT2D eigenvalue weighted by Gasteiger charge is 2.27. The number of halogens is 1. The lowest BCUT2D eigenvalue weighted by atomic mass is 9.94. The van der Waals surface area contributed by atoms with Gasteiger partial charge in [-0.1, -0.05) is 32.8 Å². The van der Waals surface area contributed by atoms with Crippen LogP contribution >= 0.6 is 0 Å². The summed E-state index contributed by atoms with van der Waals surface area (Å²) in [4.78, 5) is 0. The Morgan fingerprint density at radius 3 is 2.94 bits per heavy atom. The summed E-state index contributed by atoms with van der Waals surface area (Å²) >= 11 is 0. The molecular weight excluding hydrogens is 229 g/mol. The predicted molar refractivity (Wildman–Crippen MR) is 71.4 cm³/mol. The van der Waals surface area contributed by atoms with E-state index in [0.29, 0.717) is 11.8 Å². The van der Waals surface area contributed by atoms with Crippen LogP contribution < -0.4 is 10.1 Å². The summed E-state index contributed by atoms with van der Waals surface area (Å²) in [6, 6.07) is 5.16. The monoisotopic (exact) mass is 251 g/mol. The minimum Gasteiger partial charge on any atom is -0.490 e. The van der Waals surface area contributed by atoms with Gasteiger partial charge in [0, 0.05) is 24.1 Å². The van der Waals surface area contributed by atoms with Crippen LogP contribution in [0.3, 0.4) is 0 Å². The van der Waals surface area contributed by atoms with E-state index in [1.165, 1.54) is 18.6 Å². The smallest absolute Gasteiger partial charge is 0.127 e. The Kier molecular flexibility index (Phi) is 4.59. The number of nitrogens with one attached hydrogen (secondary N) is 1. The lowest BCUT2D eigenvalue weighted by molar-refractivity contribution is 0.138. The molecule has 0 saturated carbocycles. The average Bonchev–Trinajstić information content (AvgIpc) is 2.36. The molecule has 0 aromatic heterocycles. The maximum absolute atomic E-state index is 13.3. The molecule has 3 heteroatoms. The van der Waals surface area contributed by atoms with Gasteiger partial charge in [0.05, 0.1) is 0 Å². The van der Waals surface area contributed by atoms with E-state index in [2.05, 4.69) is 19.2 Å². The van der Waals surface area contributed by atoms with Gasteiger partial charge < -0.3 is 10.1 Å². The van der Waals surface area contributed by atoms with Gasteiger partial charge in [0.15, 0.2) is 0 Å². The van der Waals surface area contributed by atoms with E-state index in [1.54, 1.807) is 0 Å². The average molecular weight is 251 g/mol. The topological polar surface area (TPSA) is 21.3 Å². The first-order valence-corrected chi connectivity index (χ1v) is 6.94. The first kappa shape index (κ1) is 13.3. The van der Waals surface area contributed by atoms with E-state index in [4.69, 9.17) is 4.74 Å². The molecule has 0 aliphatic carbocycles. The molecule has 0 bridgehead atoms. The van der Waals surface area contributed by atoms with Gasteiger partial charge in [-0.2, -0.15) is 0 Å². The van der Waals surface area contributed by atoms with Crippen LogP contribution in [-0.4, -0.2) is 12.6 Å². The summed E-state index contributed by atoms with van der Waals surface area (Å²) in [7, 11) is 0. The molecule has 2 nitrogen and oxygen atoms in total. The quantitative estimate of drug-likeness (QED) is 0.859. The van der Waals surface area contributed by atoms with Crippen LogP contribution in [0.4, 0.5) is 4.39 Å². The third-order valence-electron chi connectivity index (χ3n) is 3.47. The van der Waals surface area contributed by atoms with Crippen molar-refractivity contribution in [3.8, 4) is 5.75 Å². The predicted octanol–water partition coefficient (Wildman–Crippen LogP) is 3.82. The Labute approximate surface area is 109 Å². The summed E-state index contributed by atoms with van der Waals surface area (Å²) in [5, 5.41) is 3.46. The van der Waals surface area contributed by atoms with Crippen molar-refractivity contribution in [2.24, 2.45) is 0 Å². The molecule has 1 N–H and O–H groups in total. The van der Waals surface area contributed by atoms with E-state index in [-0.39, 0.29) is 11.9 Å². The second-order valence-corrected chi connectivity index (χ2v) is 4.91. The fraction of sp³-hybridized carbons (Fsp3) is 0.600. The van der Waals surface area contributed by atoms with Crippen LogP contribution in [0.5, 0.6) is 5.75 Å². The van der Waals surface area contributed by atoms with Crippen molar-refractivity contribution in [1.82, 2.24) is 5.32 Å². The Morgan fingerprint density at radius 1 is 1.39 bits per heavy atom. The van der Waals surface area contributed by atoms with Crippen molar-refractivity contribution in [2.45, 2.75) is 51.7 Å². The fourth-order valence-electron chi connectivity index (χ4n) is 2.56. The van der Waals surface area contributed by atoms with Gasteiger partial charge in [-0.3, -0.25) is 0 Å². The van der Waals surface area contributed by atoms with E-state index in [0.717, 1.165) is 31.4 Å². The third kappa shape index (κ3) is 3.02. The summed E-state index contributed by atoms with van der Waals surface area (Å²) in [5.74, 6) is 0.494. The fourth-order valence-corrected chi connectivity index (χ4v) is 2.56. The second-order valence-electron chi connectivity index (χ2n) is 4.91. The molecule has 0 radical (unpaired) electrons. The summed E-state index contributed by atoms with van der Waals surface area (Å²) in [6.45, 7) is 5.19. The van der Waals surface area contributed by atoms with Gasteiger partial charge in [-0.25, -0.2) is 4.39 Å². The maximum Gasteiger partial charge on any atom is 0.127 e. The summed E-state index contributed by atoms with van der Waals surface area (Å²) in [6.07, 6.45) is 4.57. The molecule has 0 fully saturated rings. The molecule has 0 amide bonds. The van der Waals surface area contributed by atoms with Crippen molar-refractivity contribution < 1.29 is 9.13 Å². The molecule has 18 heavy (non-hydrogen) atoms. The highest BCUT2D eigenvalue weighted by atomic mass is 19.1. The molecule has 1 aliphatic rings. The van der Waals surface area contributed by atoms with Crippen molar-refractivity contribution in [3.63, 3.8) is 0 Å². The van der Waals surface area contributed by atoms with Gasteiger partial charge in [-0.05, 0) is 19.0 Å². The number of rotatable bonds is 5. The SMILES string of the molecule is CCCCC1CC(NCC)c2ccc(F)cc2O1. The van der Waals surface area contributed by atoms with Gasteiger partial charge in [0.25, 0.3) is 0 Å². The molecular formula is C15H22FNO. The Morgan fingerprint density at radius 2 is 2.22 bits per heavy atom. The van der Waals surface area contributed by atoms with E-state index in [9.17, 15) is 4.39 Å². The minimum atomic E-state index is -0.222. The minimum absolute atomic E-state index is 0.211. The third-order valence-corrected chi connectivity index (χ3v) is 3.47. The van der Waals surface area contributed by atoms with Crippen LogP contribution in [-0.2, 0) is 0 Å². The van der Waals surface area contributed by atoms with Crippen LogP contribution in [0.2, 0.25) is 0 Å². The Hall–Kier alpha value is -1.09. The Bertz CT molecular complexity index is 394. The van der Waals surface area contributed by atoms with Crippen LogP contribution in [0, 0.1) is 5.82 Å². The lowest BCUT2D eigenvalue weighted by Gasteiger charge is -2.32. The largest absolute Gasteiger partial charge is 0.490 e. The van der Waals surface area contributed by atoms with E-state index >= 15 is 0 Å². The van der Waals surface area contributed by atoms with Gasteiger partial charge in [0.1, 0.15) is 17.7 Å². The van der Waals surface area contributed by atoms with Crippen molar-refractivity contribution in [3.05, 3.63) is 29.6 Å². The molecule has 1 aromatic rings. The molecule has 0 spiro atoms. The zero-order valence-electron chi connectivity index (χ0n) is 11.2. The molecule has 1 heterocycles. The van der Waals surface area contributed by atoms with Crippen LogP contribution in [0.25, 0.3) is 0 Å². The molecule has 1 aromatic carbocycles. The zero-order chi connectivity index (χ0) is 13.0. The molecule has 0 saturated heterocycles. The van der Waals surface area contributed by atoms with Crippen LogP contribution in [0.15, 0.2) is 18.2 Å². The first-order chi connectivity index (χ1) is 8.74. The number of benzene rings is 1. The first-order valence-electron chi connectivity index (χ1n) is 6.94. The number of hydrogen-bond acceptors (Lipinski definition) is 2.